The predicted octanol–water partition coefficient (Wildman–Crippen LogP) is 23.8. The summed E-state index contributed by atoms with van der Waals surface area (Å²) >= 11 is 0. The minimum atomic E-state index is -0.665. The van der Waals surface area contributed by atoms with Gasteiger partial charge in [0.05, 0.1) is 25.4 Å². The molecule has 0 bridgehead atoms. The van der Waals surface area contributed by atoms with Crippen LogP contribution >= 0.6 is 0 Å². The number of hydrogen-bond acceptors (Lipinski definition) is 5. The minimum absolute atomic E-state index is 0.0190. The van der Waals surface area contributed by atoms with Gasteiger partial charge in [0, 0.05) is 12.8 Å². The summed E-state index contributed by atoms with van der Waals surface area (Å²) in [7, 11) is 0. The molecule has 0 rings (SSSR count). The average molecular weight is 1120 g/mol. The second-order valence-corrected chi connectivity index (χ2v) is 25.6. The summed E-state index contributed by atoms with van der Waals surface area (Å²) in [4.78, 5) is 24.7. The van der Waals surface area contributed by atoms with Crippen LogP contribution in [0.3, 0.4) is 0 Å². The summed E-state index contributed by atoms with van der Waals surface area (Å²) in [5.74, 6) is -0.0100. The van der Waals surface area contributed by atoms with E-state index in [0.717, 1.165) is 38.5 Å². The zero-order valence-electron chi connectivity index (χ0n) is 54.2. The highest BCUT2D eigenvalue weighted by atomic mass is 16.5. The van der Waals surface area contributed by atoms with Crippen molar-refractivity contribution in [3.63, 3.8) is 0 Å². The van der Waals surface area contributed by atoms with E-state index in [9.17, 15) is 19.8 Å². The highest BCUT2D eigenvalue weighted by Gasteiger charge is 2.20. The zero-order valence-corrected chi connectivity index (χ0v) is 54.2. The van der Waals surface area contributed by atoms with Crippen molar-refractivity contribution in [2.45, 2.75) is 443 Å². The van der Waals surface area contributed by atoms with Gasteiger partial charge < -0.3 is 20.3 Å². The number of nitrogens with one attached hydrogen (secondary N) is 1. The number of esters is 1. The Balaban J connectivity index is 3.36. The van der Waals surface area contributed by atoms with Gasteiger partial charge in [-0.15, -0.1) is 0 Å². The molecule has 0 aromatic rings. The average Bonchev–Trinajstić information content (AvgIpc) is 3.45. The second-order valence-electron chi connectivity index (χ2n) is 25.6. The van der Waals surface area contributed by atoms with Crippen LogP contribution in [0.15, 0.2) is 0 Å². The van der Waals surface area contributed by atoms with E-state index in [0.29, 0.717) is 25.9 Å². The number of rotatable bonds is 70. The molecule has 0 fully saturated rings. The van der Waals surface area contributed by atoms with E-state index >= 15 is 0 Å². The van der Waals surface area contributed by atoms with Gasteiger partial charge in [-0.3, -0.25) is 9.59 Å². The first-order valence-electron chi connectivity index (χ1n) is 36.8. The Morgan fingerprint density at radius 3 is 0.772 bits per heavy atom. The van der Waals surface area contributed by atoms with Gasteiger partial charge in [0.25, 0.3) is 0 Å². The fourth-order valence-corrected chi connectivity index (χ4v) is 12.1. The number of hydrogen-bond donors (Lipinski definition) is 3. The molecule has 0 aliphatic heterocycles. The summed E-state index contributed by atoms with van der Waals surface area (Å²) in [6.45, 7) is 5.01. The van der Waals surface area contributed by atoms with Gasteiger partial charge in [-0.25, -0.2) is 0 Å². The first-order valence-corrected chi connectivity index (χ1v) is 36.8. The third-order valence-electron chi connectivity index (χ3n) is 17.7. The normalized spacial score (nSPS) is 12.4. The van der Waals surface area contributed by atoms with Gasteiger partial charge in [-0.05, 0) is 25.7 Å². The Bertz CT molecular complexity index is 1150. The van der Waals surface area contributed by atoms with Crippen molar-refractivity contribution < 1.29 is 24.5 Å². The fourth-order valence-electron chi connectivity index (χ4n) is 12.1. The highest BCUT2D eigenvalue weighted by Crippen LogP contribution is 2.20. The third-order valence-corrected chi connectivity index (χ3v) is 17.7. The highest BCUT2D eigenvalue weighted by molar-refractivity contribution is 5.76. The maximum atomic E-state index is 12.6. The summed E-state index contributed by atoms with van der Waals surface area (Å²) in [6, 6.07) is -0.542. The summed E-state index contributed by atoms with van der Waals surface area (Å²) < 4.78 is 5.51. The van der Waals surface area contributed by atoms with Gasteiger partial charge in [0.15, 0.2) is 0 Å². The minimum Gasteiger partial charge on any atom is -0.466 e. The lowest BCUT2D eigenvalue weighted by molar-refractivity contribution is -0.143. The molecule has 0 spiro atoms. The molecule has 3 N–H and O–H groups in total. The largest absolute Gasteiger partial charge is 0.466 e. The summed E-state index contributed by atoms with van der Waals surface area (Å²) in [5, 5.41) is 23.4. The van der Waals surface area contributed by atoms with E-state index in [1.165, 1.54) is 360 Å². The quantitative estimate of drug-likeness (QED) is 0.0417. The zero-order chi connectivity index (χ0) is 57.1. The van der Waals surface area contributed by atoms with Crippen LogP contribution in [0.2, 0.25) is 0 Å². The molecule has 1 amide bonds. The molecule has 0 aromatic carbocycles. The summed E-state index contributed by atoms with van der Waals surface area (Å²) in [6.07, 6.45) is 84.4. The number of aliphatic hydroxyl groups is 2. The Morgan fingerprint density at radius 1 is 0.304 bits per heavy atom. The van der Waals surface area contributed by atoms with Crippen LogP contribution in [-0.2, 0) is 14.3 Å². The van der Waals surface area contributed by atoms with Crippen LogP contribution < -0.4 is 5.32 Å². The van der Waals surface area contributed by atoms with Crippen LogP contribution in [-0.4, -0.2) is 47.4 Å². The maximum absolute atomic E-state index is 12.6. The molecule has 472 valence electrons. The summed E-state index contributed by atoms with van der Waals surface area (Å²) in [5.41, 5.74) is 0. The first kappa shape index (κ1) is 77.9. The molecule has 0 radical (unpaired) electrons. The van der Waals surface area contributed by atoms with E-state index in [2.05, 4.69) is 19.2 Å². The van der Waals surface area contributed by atoms with Crippen molar-refractivity contribution in [1.29, 1.82) is 0 Å². The number of unbranched alkanes of at least 4 members (excludes halogenated alkanes) is 59. The molecule has 6 nitrogen and oxygen atoms in total. The molecule has 6 heteroatoms. The molecule has 2 atom stereocenters. The van der Waals surface area contributed by atoms with Crippen molar-refractivity contribution in [3.05, 3.63) is 0 Å². The number of carbonyl (C=O) groups is 2. The van der Waals surface area contributed by atoms with E-state index in [1.54, 1.807) is 0 Å². The molecular weight excluding hydrogens is 971 g/mol. The third kappa shape index (κ3) is 65.9. The molecule has 0 saturated heterocycles. The van der Waals surface area contributed by atoms with Crippen molar-refractivity contribution in [2.75, 3.05) is 13.2 Å². The topological polar surface area (TPSA) is 95.9 Å². The number of carbonyl (C=O) groups excluding carboxylic acids is 2. The standard InChI is InChI=1S/C73H145NO5/c1-3-5-7-9-11-13-15-17-19-21-22-23-24-27-30-34-37-41-45-49-53-57-61-65-71(76)70(69-75)74-72(77)66-62-58-54-50-46-42-38-35-31-28-25-26-29-32-36-40-44-48-52-56-60-64-68-79-73(78)67-63-59-55-51-47-43-39-33-20-18-16-14-12-10-8-6-4-2/h70-71,75-76H,3-69H2,1-2H3,(H,74,77). The Kier molecular flexibility index (Phi) is 68.4. The first-order chi connectivity index (χ1) is 39.0. The predicted molar refractivity (Wildman–Crippen MR) is 347 cm³/mol. The van der Waals surface area contributed by atoms with Gasteiger partial charge in [0.2, 0.25) is 5.91 Å². The van der Waals surface area contributed by atoms with Crippen LogP contribution in [0.25, 0.3) is 0 Å². The molecule has 0 heterocycles. The van der Waals surface area contributed by atoms with Crippen molar-refractivity contribution in [3.8, 4) is 0 Å². The van der Waals surface area contributed by atoms with Crippen LogP contribution in [0.4, 0.5) is 0 Å². The van der Waals surface area contributed by atoms with Crippen LogP contribution in [0.1, 0.15) is 431 Å². The van der Waals surface area contributed by atoms with Crippen molar-refractivity contribution >= 4 is 11.9 Å². The molecule has 79 heavy (non-hydrogen) atoms. The Hall–Kier alpha value is -1.14. The number of ether oxygens (including phenoxy) is 1. The van der Waals surface area contributed by atoms with Crippen LogP contribution in [0, 0.1) is 0 Å². The smallest absolute Gasteiger partial charge is 0.305 e. The Morgan fingerprint density at radius 2 is 0.519 bits per heavy atom. The van der Waals surface area contributed by atoms with Crippen LogP contribution in [0.5, 0.6) is 0 Å². The maximum Gasteiger partial charge on any atom is 0.305 e. The van der Waals surface area contributed by atoms with Crippen molar-refractivity contribution in [1.82, 2.24) is 5.32 Å². The lowest BCUT2D eigenvalue weighted by Gasteiger charge is -2.22. The van der Waals surface area contributed by atoms with Gasteiger partial charge in [-0.1, -0.05) is 393 Å². The Labute approximate surface area is 496 Å². The molecule has 0 saturated carbocycles. The molecule has 0 aromatic heterocycles. The van der Waals surface area contributed by atoms with Crippen molar-refractivity contribution in [2.24, 2.45) is 0 Å². The fraction of sp³-hybridized carbons (Fsp3) is 0.973. The lowest BCUT2D eigenvalue weighted by Crippen LogP contribution is -2.45. The van der Waals surface area contributed by atoms with E-state index in [-0.39, 0.29) is 18.5 Å². The molecule has 0 aliphatic carbocycles. The SMILES string of the molecule is CCCCCCCCCCCCCCCCCCCCCCCCCC(O)C(CO)NC(=O)CCCCCCCCCCCCCCCCCCCCCCCCOC(=O)CCCCCCCCCCCCCCCCCCC. The van der Waals surface area contributed by atoms with Gasteiger partial charge in [0.1, 0.15) is 0 Å². The second kappa shape index (κ2) is 69.4. The number of aliphatic hydroxyl groups excluding tert-OH is 2. The lowest BCUT2D eigenvalue weighted by atomic mass is 10.0. The molecule has 2 unspecified atom stereocenters. The molecular formula is C73H145NO5. The number of amides is 1. The monoisotopic (exact) mass is 1120 g/mol. The van der Waals surface area contributed by atoms with E-state index in [1.807, 2.05) is 0 Å². The molecule has 0 aliphatic rings. The van der Waals surface area contributed by atoms with E-state index in [4.69, 9.17) is 4.74 Å². The van der Waals surface area contributed by atoms with Gasteiger partial charge in [-0.2, -0.15) is 0 Å². The van der Waals surface area contributed by atoms with Gasteiger partial charge >= 0.3 is 5.97 Å². The van der Waals surface area contributed by atoms with E-state index < -0.39 is 12.1 Å².